The summed E-state index contributed by atoms with van der Waals surface area (Å²) in [6, 6.07) is 5.53. The van der Waals surface area contributed by atoms with Crippen molar-refractivity contribution in [1.29, 1.82) is 0 Å². The third-order valence-electron chi connectivity index (χ3n) is 5.55. The Morgan fingerprint density at radius 2 is 2.13 bits per heavy atom. The number of methoxy groups -OCH3 is 2. The van der Waals surface area contributed by atoms with E-state index < -0.39 is 0 Å². The van der Waals surface area contributed by atoms with Crippen molar-refractivity contribution >= 4 is 33.4 Å². The Labute approximate surface area is 183 Å². The summed E-state index contributed by atoms with van der Waals surface area (Å²) in [5.41, 5.74) is 3.08. The van der Waals surface area contributed by atoms with Crippen molar-refractivity contribution in [1.82, 2.24) is 19.6 Å². The molecule has 160 valence electrons. The Bertz CT molecular complexity index is 1280. The predicted octanol–water partition coefficient (Wildman–Crippen LogP) is 4.03. The summed E-state index contributed by atoms with van der Waals surface area (Å²) >= 11 is 1.79. The summed E-state index contributed by atoms with van der Waals surface area (Å²) in [6.45, 7) is 2.49. The number of benzene rings is 1. The Kier molecular flexibility index (Phi) is 5.19. The monoisotopic (exact) mass is 437 g/mol. The van der Waals surface area contributed by atoms with Crippen molar-refractivity contribution in [2.24, 2.45) is 11.1 Å². The molecule has 0 bridgehead atoms. The largest absolute Gasteiger partial charge is 0.493 e. The molecule has 3 aromatic heterocycles. The molecule has 0 fully saturated rings. The molecule has 3 heterocycles. The zero-order chi connectivity index (χ0) is 21.4. The van der Waals surface area contributed by atoms with Gasteiger partial charge in [-0.3, -0.25) is 0 Å². The number of fused-ring (bicyclic) bond motifs is 5. The maximum Gasteiger partial charge on any atom is 0.192 e. The molecule has 0 saturated heterocycles. The van der Waals surface area contributed by atoms with Gasteiger partial charge in [-0.15, -0.1) is 16.4 Å². The Morgan fingerprint density at radius 1 is 1.26 bits per heavy atom. The van der Waals surface area contributed by atoms with Crippen LogP contribution in [0.4, 0.5) is 0 Å². The minimum absolute atomic E-state index is 0.177. The van der Waals surface area contributed by atoms with E-state index in [2.05, 4.69) is 22.2 Å². The molecule has 1 atom stereocenters. The van der Waals surface area contributed by atoms with E-state index in [4.69, 9.17) is 19.3 Å². The molecule has 0 radical (unpaired) electrons. The minimum atomic E-state index is 0.177. The maximum absolute atomic E-state index is 5.44. The number of ether oxygens (including phenoxy) is 2. The molecule has 0 N–H and O–H groups in total. The van der Waals surface area contributed by atoms with Crippen LogP contribution < -0.4 is 9.47 Å². The van der Waals surface area contributed by atoms with Crippen molar-refractivity contribution in [3.63, 3.8) is 0 Å². The fourth-order valence-corrected chi connectivity index (χ4v) is 5.32. The van der Waals surface area contributed by atoms with Gasteiger partial charge in [0.05, 0.1) is 25.8 Å². The van der Waals surface area contributed by atoms with E-state index in [0.29, 0.717) is 17.3 Å². The van der Waals surface area contributed by atoms with E-state index in [0.717, 1.165) is 40.2 Å². The molecule has 0 amide bonds. The molecule has 9 heteroatoms. The first-order chi connectivity index (χ1) is 15.2. The topological polar surface area (TPSA) is 83.1 Å². The Hall–Kier alpha value is -3.20. The summed E-state index contributed by atoms with van der Waals surface area (Å²) in [7, 11) is 3.20. The van der Waals surface area contributed by atoms with Gasteiger partial charge in [0.2, 0.25) is 0 Å². The quantitative estimate of drug-likeness (QED) is 0.335. The van der Waals surface area contributed by atoms with Crippen LogP contribution in [-0.4, -0.2) is 40.0 Å². The van der Waals surface area contributed by atoms with Crippen LogP contribution in [0.2, 0.25) is 0 Å². The highest BCUT2D eigenvalue weighted by molar-refractivity contribution is 7.19. The van der Waals surface area contributed by atoms with E-state index in [-0.39, 0.29) is 6.61 Å². The molecule has 1 unspecified atom stereocenters. The summed E-state index contributed by atoms with van der Waals surface area (Å²) in [6.07, 6.45) is 6.75. The van der Waals surface area contributed by atoms with Crippen molar-refractivity contribution in [3.8, 4) is 11.5 Å². The lowest BCUT2D eigenvalue weighted by Gasteiger charge is -2.17. The second-order valence-corrected chi connectivity index (χ2v) is 8.78. The number of nitrogens with zero attached hydrogens (tertiary/aromatic N) is 5. The molecular formula is C22H23N5O3S. The van der Waals surface area contributed by atoms with Crippen molar-refractivity contribution in [3.05, 3.63) is 46.4 Å². The number of hydrogen-bond acceptors (Lipinski definition) is 8. The molecule has 1 aromatic carbocycles. The third-order valence-corrected chi connectivity index (χ3v) is 6.72. The summed E-state index contributed by atoms with van der Waals surface area (Å²) < 4.78 is 12.3. The maximum atomic E-state index is 5.44. The van der Waals surface area contributed by atoms with Crippen LogP contribution in [0.3, 0.4) is 0 Å². The molecule has 5 rings (SSSR count). The molecule has 0 aliphatic heterocycles. The first kappa shape index (κ1) is 19.7. The summed E-state index contributed by atoms with van der Waals surface area (Å²) in [4.78, 5) is 17.2. The van der Waals surface area contributed by atoms with Crippen molar-refractivity contribution in [2.45, 2.75) is 32.8 Å². The van der Waals surface area contributed by atoms with E-state index in [1.807, 2.05) is 18.2 Å². The van der Waals surface area contributed by atoms with Crippen LogP contribution in [0.1, 0.15) is 35.2 Å². The molecular weight excluding hydrogens is 414 g/mol. The van der Waals surface area contributed by atoms with Crippen LogP contribution in [0.25, 0.3) is 15.9 Å². The number of aromatic nitrogens is 4. The second-order valence-electron chi connectivity index (χ2n) is 7.70. The van der Waals surface area contributed by atoms with Gasteiger partial charge in [-0.1, -0.05) is 12.1 Å². The molecule has 31 heavy (non-hydrogen) atoms. The normalized spacial score (nSPS) is 16.2. The summed E-state index contributed by atoms with van der Waals surface area (Å²) in [5.74, 6) is 2.60. The summed E-state index contributed by atoms with van der Waals surface area (Å²) in [5, 5.41) is 9.70. The smallest absolute Gasteiger partial charge is 0.192 e. The van der Waals surface area contributed by atoms with Crippen molar-refractivity contribution in [2.75, 3.05) is 14.2 Å². The van der Waals surface area contributed by atoms with E-state index >= 15 is 0 Å². The SMILES string of the molecule is COc1ccc(/C=N/OCc2nc3c4c5c(sc4ncn3n2)CC(C)CC5)cc1OC. The van der Waals surface area contributed by atoms with Gasteiger partial charge in [-0.2, -0.15) is 0 Å². The zero-order valence-electron chi connectivity index (χ0n) is 17.7. The lowest BCUT2D eigenvalue weighted by atomic mass is 9.89. The fourth-order valence-electron chi connectivity index (χ4n) is 3.97. The van der Waals surface area contributed by atoms with Crippen LogP contribution in [0.15, 0.2) is 29.7 Å². The van der Waals surface area contributed by atoms with Gasteiger partial charge in [-0.05, 0) is 48.9 Å². The minimum Gasteiger partial charge on any atom is -0.493 e. The highest BCUT2D eigenvalue weighted by Crippen LogP contribution is 2.38. The van der Waals surface area contributed by atoms with Gasteiger partial charge in [0.1, 0.15) is 11.2 Å². The molecule has 0 spiro atoms. The van der Waals surface area contributed by atoms with Gasteiger partial charge in [0, 0.05) is 10.4 Å². The van der Waals surface area contributed by atoms with Gasteiger partial charge in [0.15, 0.2) is 29.6 Å². The zero-order valence-corrected chi connectivity index (χ0v) is 18.5. The number of rotatable bonds is 6. The van der Waals surface area contributed by atoms with Gasteiger partial charge in [-0.25, -0.2) is 14.5 Å². The first-order valence-electron chi connectivity index (χ1n) is 10.2. The van der Waals surface area contributed by atoms with Crippen LogP contribution in [-0.2, 0) is 24.3 Å². The molecule has 4 aromatic rings. The van der Waals surface area contributed by atoms with Gasteiger partial charge < -0.3 is 14.3 Å². The lowest BCUT2D eigenvalue weighted by molar-refractivity contribution is 0.126. The van der Waals surface area contributed by atoms with Gasteiger partial charge in [0.25, 0.3) is 0 Å². The highest BCUT2D eigenvalue weighted by Gasteiger charge is 2.23. The average Bonchev–Trinajstić information content (AvgIpc) is 3.36. The number of oxime groups is 1. The van der Waals surface area contributed by atoms with Crippen molar-refractivity contribution < 1.29 is 14.3 Å². The Balaban J connectivity index is 1.34. The molecule has 0 saturated carbocycles. The first-order valence-corrected chi connectivity index (χ1v) is 11.0. The van der Waals surface area contributed by atoms with E-state index in [1.54, 1.807) is 42.6 Å². The standard InChI is InChI=1S/C22H23N5O3S/c1-13-4-6-15-18(8-13)31-22-20(15)21-25-19(26-27(21)12-23-22)11-30-24-10-14-5-7-16(28-2)17(9-14)29-3/h5,7,9-10,12-13H,4,6,8,11H2,1-3H3/b24-10+. The fraction of sp³-hybridized carbons (Fsp3) is 0.364. The van der Waals surface area contributed by atoms with Crippen LogP contribution in [0, 0.1) is 5.92 Å². The van der Waals surface area contributed by atoms with Gasteiger partial charge >= 0.3 is 0 Å². The number of aryl methyl sites for hydroxylation is 1. The number of thiophene rings is 1. The predicted molar refractivity (Wildman–Crippen MR) is 119 cm³/mol. The molecule has 1 aliphatic rings. The van der Waals surface area contributed by atoms with E-state index in [1.165, 1.54) is 16.9 Å². The Morgan fingerprint density at radius 3 is 2.97 bits per heavy atom. The molecule has 8 nitrogen and oxygen atoms in total. The second kappa shape index (κ2) is 8.14. The average molecular weight is 438 g/mol. The third kappa shape index (κ3) is 3.69. The van der Waals surface area contributed by atoms with Crippen LogP contribution >= 0.6 is 11.3 Å². The molecule has 1 aliphatic carbocycles. The van der Waals surface area contributed by atoms with E-state index in [9.17, 15) is 0 Å². The number of hydrogen-bond donors (Lipinski definition) is 0. The lowest BCUT2D eigenvalue weighted by Crippen LogP contribution is -2.08. The van der Waals surface area contributed by atoms with Crippen LogP contribution in [0.5, 0.6) is 11.5 Å². The highest BCUT2D eigenvalue weighted by atomic mass is 32.1.